The Balaban J connectivity index is 2.46. The molecule has 0 saturated heterocycles. The van der Waals surface area contributed by atoms with Crippen LogP contribution in [-0.2, 0) is 6.42 Å². The van der Waals surface area contributed by atoms with Crippen molar-refractivity contribution in [3.63, 3.8) is 0 Å². The van der Waals surface area contributed by atoms with Crippen molar-refractivity contribution in [1.29, 1.82) is 0 Å². The molecule has 0 spiro atoms. The summed E-state index contributed by atoms with van der Waals surface area (Å²) in [5, 5.41) is 8.19. The smallest absolute Gasteiger partial charge is 0.0923 e. The molecule has 3 nitrogen and oxygen atoms in total. The van der Waals surface area contributed by atoms with Crippen LogP contribution in [0.25, 0.3) is 10.9 Å². The minimum atomic E-state index is -0.175. The number of aromatic nitrogens is 2. The number of benzene rings is 1. The average molecular weight is 189 g/mol. The maximum Gasteiger partial charge on any atom is 0.0923 e. The molecule has 0 radical (unpaired) electrons. The van der Waals surface area contributed by atoms with Crippen molar-refractivity contribution in [2.45, 2.75) is 25.8 Å². The van der Waals surface area contributed by atoms with E-state index in [1.165, 1.54) is 10.9 Å². The lowest BCUT2D eigenvalue weighted by Crippen LogP contribution is -2.34. The van der Waals surface area contributed by atoms with E-state index >= 15 is 0 Å². The second-order valence-electron chi connectivity index (χ2n) is 4.40. The van der Waals surface area contributed by atoms with E-state index in [4.69, 9.17) is 5.73 Å². The molecule has 14 heavy (non-hydrogen) atoms. The van der Waals surface area contributed by atoms with E-state index in [1.807, 2.05) is 32.2 Å². The standard InChI is InChI=1S/C11H15N3/c1-11(2,12)6-8-4-3-5-10-9(8)7-13-14-10/h3-5,7H,6,12H2,1-2H3,(H,13,14). The van der Waals surface area contributed by atoms with Gasteiger partial charge in [-0.05, 0) is 31.9 Å². The zero-order valence-corrected chi connectivity index (χ0v) is 8.54. The van der Waals surface area contributed by atoms with Crippen molar-refractivity contribution in [3.05, 3.63) is 30.0 Å². The Kier molecular flexibility index (Phi) is 2.04. The molecule has 2 rings (SSSR count). The molecule has 2 aromatic rings. The summed E-state index contributed by atoms with van der Waals surface area (Å²) in [7, 11) is 0. The predicted octanol–water partition coefficient (Wildman–Crippen LogP) is 1.84. The lowest BCUT2D eigenvalue weighted by atomic mass is 9.94. The topological polar surface area (TPSA) is 54.7 Å². The van der Waals surface area contributed by atoms with Crippen LogP contribution in [0.3, 0.4) is 0 Å². The molecule has 1 aromatic heterocycles. The van der Waals surface area contributed by atoms with E-state index in [0.29, 0.717) is 0 Å². The molecule has 0 saturated carbocycles. The van der Waals surface area contributed by atoms with Crippen molar-refractivity contribution in [1.82, 2.24) is 10.2 Å². The molecule has 0 bridgehead atoms. The molecule has 74 valence electrons. The first-order chi connectivity index (χ1) is 6.56. The Morgan fingerprint density at radius 1 is 1.43 bits per heavy atom. The average Bonchev–Trinajstić information content (AvgIpc) is 2.49. The minimum Gasteiger partial charge on any atom is -0.325 e. The highest BCUT2D eigenvalue weighted by molar-refractivity contribution is 5.81. The lowest BCUT2D eigenvalue weighted by molar-refractivity contribution is 0.518. The van der Waals surface area contributed by atoms with Crippen molar-refractivity contribution >= 4 is 10.9 Å². The number of rotatable bonds is 2. The summed E-state index contributed by atoms with van der Waals surface area (Å²) in [5.74, 6) is 0. The molecule has 0 aliphatic carbocycles. The zero-order chi connectivity index (χ0) is 10.2. The maximum absolute atomic E-state index is 6.00. The van der Waals surface area contributed by atoms with Gasteiger partial charge in [0.15, 0.2) is 0 Å². The SMILES string of the molecule is CC(C)(N)Cc1cccc2n[nH]cc12. The predicted molar refractivity (Wildman–Crippen MR) is 58.1 cm³/mol. The van der Waals surface area contributed by atoms with E-state index in [-0.39, 0.29) is 5.54 Å². The van der Waals surface area contributed by atoms with Crippen LogP contribution in [-0.4, -0.2) is 15.7 Å². The highest BCUT2D eigenvalue weighted by Gasteiger charge is 2.13. The van der Waals surface area contributed by atoms with Gasteiger partial charge in [-0.3, -0.25) is 5.10 Å². The minimum absolute atomic E-state index is 0.175. The van der Waals surface area contributed by atoms with Crippen LogP contribution in [0.1, 0.15) is 19.4 Å². The first-order valence-electron chi connectivity index (χ1n) is 4.76. The third-order valence-electron chi connectivity index (χ3n) is 2.21. The van der Waals surface area contributed by atoms with Gasteiger partial charge in [-0.15, -0.1) is 0 Å². The van der Waals surface area contributed by atoms with Gasteiger partial charge in [0.05, 0.1) is 5.52 Å². The van der Waals surface area contributed by atoms with E-state index in [2.05, 4.69) is 16.3 Å². The number of aromatic amines is 1. The summed E-state index contributed by atoms with van der Waals surface area (Å²) in [4.78, 5) is 0. The van der Waals surface area contributed by atoms with Gasteiger partial charge in [0.2, 0.25) is 0 Å². The first-order valence-corrected chi connectivity index (χ1v) is 4.76. The van der Waals surface area contributed by atoms with Gasteiger partial charge in [0.25, 0.3) is 0 Å². The molecule has 0 atom stereocenters. The van der Waals surface area contributed by atoms with E-state index < -0.39 is 0 Å². The van der Waals surface area contributed by atoms with Gasteiger partial charge in [-0.25, -0.2) is 0 Å². The van der Waals surface area contributed by atoms with Crippen LogP contribution < -0.4 is 5.73 Å². The normalized spacial score (nSPS) is 12.2. The second kappa shape index (κ2) is 3.10. The highest BCUT2D eigenvalue weighted by atomic mass is 15.1. The number of nitrogens with two attached hydrogens (primary N) is 1. The molecule has 0 unspecified atom stereocenters. The zero-order valence-electron chi connectivity index (χ0n) is 8.54. The molecule has 3 N–H and O–H groups in total. The molecule has 0 aliphatic heterocycles. The first kappa shape index (κ1) is 9.21. The van der Waals surface area contributed by atoms with Gasteiger partial charge < -0.3 is 5.73 Å². The second-order valence-corrected chi connectivity index (χ2v) is 4.40. The van der Waals surface area contributed by atoms with Crippen LogP contribution in [0, 0.1) is 0 Å². The maximum atomic E-state index is 6.00. The number of H-pyrrole nitrogens is 1. The number of nitrogens with one attached hydrogen (secondary N) is 1. The van der Waals surface area contributed by atoms with Crippen LogP contribution in [0.2, 0.25) is 0 Å². The summed E-state index contributed by atoms with van der Waals surface area (Å²) in [6, 6.07) is 6.12. The molecule has 1 heterocycles. The van der Waals surface area contributed by atoms with Crippen molar-refractivity contribution < 1.29 is 0 Å². The summed E-state index contributed by atoms with van der Waals surface area (Å²) in [5.41, 5.74) is 8.08. The molecule has 0 amide bonds. The van der Waals surface area contributed by atoms with Crippen LogP contribution in [0.5, 0.6) is 0 Å². The fourth-order valence-corrected chi connectivity index (χ4v) is 1.67. The summed E-state index contributed by atoms with van der Waals surface area (Å²) >= 11 is 0. The van der Waals surface area contributed by atoms with Gasteiger partial charge in [0, 0.05) is 17.1 Å². The lowest BCUT2D eigenvalue weighted by Gasteiger charge is -2.18. The molecule has 1 aromatic carbocycles. The van der Waals surface area contributed by atoms with Gasteiger partial charge in [0.1, 0.15) is 0 Å². The third kappa shape index (κ3) is 1.77. The monoisotopic (exact) mass is 189 g/mol. The molecular weight excluding hydrogens is 174 g/mol. The Hall–Kier alpha value is -1.35. The highest BCUT2D eigenvalue weighted by Crippen LogP contribution is 2.19. The Morgan fingerprint density at radius 3 is 2.93 bits per heavy atom. The summed E-state index contributed by atoms with van der Waals surface area (Å²) < 4.78 is 0. The van der Waals surface area contributed by atoms with Crippen LogP contribution in [0.4, 0.5) is 0 Å². The third-order valence-corrected chi connectivity index (χ3v) is 2.21. The Morgan fingerprint density at radius 2 is 2.21 bits per heavy atom. The van der Waals surface area contributed by atoms with E-state index in [9.17, 15) is 0 Å². The van der Waals surface area contributed by atoms with Crippen molar-refractivity contribution in [2.75, 3.05) is 0 Å². The largest absolute Gasteiger partial charge is 0.325 e. The Labute approximate surface area is 83.3 Å². The molecular formula is C11H15N3. The van der Waals surface area contributed by atoms with E-state index in [0.717, 1.165) is 11.9 Å². The Bertz CT molecular complexity index is 437. The number of fused-ring (bicyclic) bond motifs is 1. The van der Waals surface area contributed by atoms with Crippen LogP contribution in [0.15, 0.2) is 24.4 Å². The number of nitrogens with zero attached hydrogens (tertiary/aromatic N) is 1. The summed E-state index contributed by atoms with van der Waals surface area (Å²) in [6.45, 7) is 4.07. The molecule has 0 aliphatic rings. The van der Waals surface area contributed by atoms with Crippen molar-refractivity contribution in [2.24, 2.45) is 5.73 Å². The molecule has 0 fully saturated rings. The number of hydrogen-bond donors (Lipinski definition) is 2. The van der Waals surface area contributed by atoms with Gasteiger partial charge in [-0.1, -0.05) is 12.1 Å². The molecule has 3 heteroatoms. The number of hydrogen-bond acceptors (Lipinski definition) is 2. The van der Waals surface area contributed by atoms with Gasteiger partial charge in [-0.2, -0.15) is 5.10 Å². The van der Waals surface area contributed by atoms with Crippen LogP contribution >= 0.6 is 0 Å². The van der Waals surface area contributed by atoms with E-state index in [1.54, 1.807) is 0 Å². The van der Waals surface area contributed by atoms with Gasteiger partial charge >= 0.3 is 0 Å². The van der Waals surface area contributed by atoms with Crippen molar-refractivity contribution in [3.8, 4) is 0 Å². The quantitative estimate of drug-likeness (QED) is 0.757. The fraction of sp³-hybridized carbons (Fsp3) is 0.364. The summed E-state index contributed by atoms with van der Waals surface area (Å²) in [6.07, 6.45) is 2.79. The fourth-order valence-electron chi connectivity index (χ4n) is 1.67.